The summed E-state index contributed by atoms with van der Waals surface area (Å²) in [4.78, 5) is 112. The van der Waals surface area contributed by atoms with Crippen LogP contribution in [0, 0.1) is 0 Å². The van der Waals surface area contributed by atoms with Gasteiger partial charge in [0.15, 0.2) is 29.1 Å². The molecule has 2 atom stereocenters. The Morgan fingerprint density at radius 2 is 1.03 bits per heavy atom. The Bertz CT molecular complexity index is 2280. The van der Waals surface area contributed by atoms with Crippen molar-refractivity contribution in [1.82, 2.24) is 0 Å². The van der Waals surface area contributed by atoms with Crippen molar-refractivity contribution in [2.45, 2.75) is 93.5 Å². The Kier molecular flexibility index (Phi) is 15.4. The number of ether oxygens (including phenoxy) is 12. The van der Waals surface area contributed by atoms with Gasteiger partial charge in [0.2, 0.25) is 18.3 Å². The Morgan fingerprint density at radius 3 is 1.49 bits per heavy atom. The molecule has 0 saturated carbocycles. The first-order valence-electron chi connectivity index (χ1n) is 18.6. The van der Waals surface area contributed by atoms with Crippen molar-refractivity contribution in [3.05, 3.63) is 53.1 Å². The highest BCUT2D eigenvalue weighted by Crippen LogP contribution is 2.48. The standard InChI is InChI=1S/C42H42O21/c1-19(43)54-28-15-30(55-20(2)44)29-17-36(37(61-31(29)16-28)26-11-34(58-23(5)47)39(60-25(7)49)35(12-26)59-24(6)48)62-40(50)27-13-32(56-21(3)45)38(33(14-27)57-22(4)46)52-18-53-41(51)63-42(8,9)10/h11-16,36-37H,17-18H2,1-10H3/t36-,37-/m1/s1. The molecule has 0 aromatic heterocycles. The van der Waals surface area contributed by atoms with Gasteiger partial charge in [-0.15, -0.1) is 0 Å². The van der Waals surface area contributed by atoms with Crippen LogP contribution in [0.3, 0.4) is 0 Å². The van der Waals surface area contributed by atoms with E-state index >= 15 is 0 Å². The Balaban J connectivity index is 1.91. The monoisotopic (exact) mass is 882 g/mol. The molecule has 21 heteroatoms. The lowest BCUT2D eigenvalue weighted by Crippen LogP contribution is -2.35. The molecule has 63 heavy (non-hydrogen) atoms. The summed E-state index contributed by atoms with van der Waals surface area (Å²) >= 11 is 0. The second kappa shape index (κ2) is 20.2. The van der Waals surface area contributed by atoms with Crippen LogP contribution in [-0.4, -0.2) is 72.4 Å². The predicted molar refractivity (Wildman–Crippen MR) is 208 cm³/mol. The van der Waals surface area contributed by atoms with Gasteiger partial charge in [-0.1, -0.05) is 0 Å². The average Bonchev–Trinajstić information content (AvgIpc) is 3.11. The van der Waals surface area contributed by atoms with Crippen LogP contribution in [0.2, 0.25) is 0 Å². The highest BCUT2D eigenvalue weighted by Gasteiger charge is 2.39. The molecule has 0 amide bonds. The van der Waals surface area contributed by atoms with E-state index in [4.69, 9.17) is 56.8 Å². The van der Waals surface area contributed by atoms with Crippen molar-refractivity contribution in [2.24, 2.45) is 0 Å². The number of carbonyl (C=O) groups is 9. The van der Waals surface area contributed by atoms with Gasteiger partial charge in [-0.25, -0.2) is 9.59 Å². The van der Waals surface area contributed by atoms with Crippen LogP contribution in [0.1, 0.15) is 96.8 Å². The molecule has 3 aromatic carbocycles. The SMILES string of the molecule is CC(=O)Oc1cc(OC(C)=O)c2c(c1)O[C@H](c1cc(OC(C)=O)c(OC(C)=O)c(OC(C)=O)c1)[C@H](OC(=O)c1cc(OC(C)=O)c(OCOC(=O)OC(C)(C)C)c(OC(C)=O)c1)C2. The summed E-state index contributed by atoms with van der Waals surface area (Å²) in [5.41, 5.74) is -1.23. The zero-order valence-corrected chi connectivity index (χ0v) is 35.6. The van der Waals surface area contributed by atoms with Crippen molar-refractivity contribution < 1.29 is 100.0 Å². The van der Waals surface area contributed by atoms with Crippen molar-refractivity contribution >= 4 is 53.9 Å². The van der Waals surface area contributed by atoms with Crippen molar-refractivity contribution in [1.29, 1.82) is 0 Å². The largest absolute Gasteiger partial charge is 0.511 e. The molecule has 0 bridgehead atoms. The summed E-state index contributed by atoms with van der Waals surface area (Å²) in [5.74, 6) is -10.3. The highest BCUT2D eigenvalue weighted by atomic mass is 16.8. The minimum absolute atomic E-state index is 0.0243. The van der Waals surface area contributed by atoms with E-state index in [0.717, 1.165) is 60.6 Å². The number of hydrogen-bond donors (Lipinski definition) is 0. The van der Waals surface area contributed by atoms with Crippen LogP contribution in [-0.2, 0) is 54.2 Å². The van der Waals surface area contributed by atoms with E-state index in [2.05, 4.69) is 0 Å². The van der Waals surface area contributed by atoms with Crippen LogP contribution in [0.4, 0.5) is 4.79 Å². The summed E-state index contributed by atoms with van der Waals surface area (Å²) < 4.78 is 65.0. The summed E-state index contributed by atoms with van der Waals surface area (Å²) in [6.07, 6.45) is -4.40. The lowest BCUT2D eigenvalue weighted by atomic mass is 9.93. The van der Waals surface area contributed by atoms with Gasteiger partial charge in [0, 0.05) is 78.1 Å². The molecule has 1 heterocycles. The highest BCUT2D eigenvalue weighted by molar-refractivity contribution is 5.92. The third kappa shape index (κ3) is 13.9. The number of esters is 8. The molecule has 0 spiro atoms. The van der Waals surface area contributed by atoms with E-state index < -0.39 is 119 Å². The van der Waals surface area contributed by atoms with E-state index in [0.29, 0.717) is 0 Å². The number of rotatable bonds is 13. The number of hydrogen-bond acceptors (Lipinski definition) is 21. The lowest BCUT2D eigenvalue weighted by molar-refractivity contribution is -0.135. The second-order valence-electron chi connectivity index (χ2n) is 14.3. The first kappa shape index (κ1) is 48.0. The van der Waals surface area contributed by atoms with Gasteiger partial charge >= 0.3 is 53.9 Å². The topological polar surface area (TPSA) is 264 Å². The minimum atomic E-state index is -1.47. The van der Waals surface area contributed by atoms with E-state index in [1.54, 1.807) is 20.8 Å². The summed E-state index contributed by atoms with van der Waals surface area (Å²) in [5, 5.41) is 0. The molecular weight excluding hydrogens is 840 g/mol. The smallest absolute Gasteiger partial charge is 0.481 e. The van der Waals surface area contributed by atoms with E-state index in [1.807, 2.05) is 0 Å². The summed E-state index contributed by atoms with van der Waals surface area (Å²) in [6, 6.07) is 6.84. The number of benzene rings is 3. The van der Waals surface area contributed by atoms with Crippen molar-refractivity contribution in [3.63, 3.8) is 0 Å². The second-order valence-corrected chi connectivity index (χ2v) is 14.3. The first-order valence-corrected chi connectivity index (χ1v) is 18.6. The molecule has 0 radical (unpaired) electrons. The molecule has 0 fully saturated rings. The fourth-order valence-corrected chi connectivity index (χ4v) is 5.67. The normalized spacial score (nSPS) is 13.9. The number of carbonyl (C=O) groups excluding carboxylic acids is 9. The molecule has 0 N–H and O–H groups in total. The molecule has 336 valence electrons. The fourth-order valence-electron chi connectivity index (χ4n) is 5.67. The molecule has 0 aliphatic carbocycles. The van der Waals surface area contributed by atoms with Gasteiger partial charge in [0.1, 0.15) is 29.0 Å². The van der Waals surface area contributed by atoms with E-state index in [-0.39, 0.29) is 34.8 Å². The van der Waals surface area contributed by atoms with Crippen molar-refractivity contribution in [3.8, 4) is 51.7 Å². The van der Waals surface area contributed by atoms with Gasteiger partial charge in [0.05, 0.1) is 5.56 Å². The molecule has 0 saturated heterocycles. The Morgan fingerprint density at radius 1 is 0.571 bits per heavy atom. The third-order valence-corrected chi connectivity index (χ3v) is 7.57. The maximum Gasteiger partial charge on any atom is 0.511 e. The van der Waals surface area contributed by atoms with Crippen LogP contribution in [0.15, 0.2) is 36.4 Å². The van der Waals surface area contributed by atoms with Crippen LogP contribution in [0.5, 0.6) is 51.7 Å². The zero-order valence-electron chi connectivity index (χ0n) is 35.6. The van der Waals surface area contributed by atoms with Gasteiger partial charge in [0.25, 0.3) is 0 Å². The quantitative estimate of drug-likeness (QED) is 0.119. The van der Waals surface area contributed by atoms with Gasteiger partial charge in [-0.3, -0.25) is 33.6 Å². The first-order chi connectivity index (χ1) is 29.4. The fraction of sp³-hybridized carbons (Fsp3) is 0.357. The summed E-state index contributed by atoms with van der Waals surface area (Å²) in [6.45, 7) is 11.3. The number of fused-ring (bicyclic) bond motifs is 1. The molecule has 1 aliphatic heterocycles. The van der Waals surface area contributed by atoms with Crippen LogP contribution in [0.25, 0.3) is 0 Å². The maximum atomic E-state index is 14.2. The van der Waals surface area contributed by atoms with Gasteiger partial charge in [-0.05, 0) is 45.0 Å². The Hall–Kier alpha value is -7.71. The minimum Gasteiger partial charge on any atom is -0.481 e. The third-order valence-electron chi connectivity index (χ3n) is 7.57. The lowest BCUT2D eigenvalue weighted by Gasteiger charge is -2.34. The van der Waals surface area contributed by atoms with Crippen LogP contribution >= 0.6 is 0 Å². The van der Waals surface area contributed by atoms with Gasteiger partial charge < -0.3 is 56.8 Å². The van der Waals surface area contributed by atoms with Gasteiger partial charge in [-0.2, -0.15) is 0 Å². The van der Waals surface area contributed by atoms with Crippen LogP contribution < -0.4 is 42.6 Å². The average molecular weight is 883 g/mol. The molecule has 21 nitrogen and oxygen atoms in total. The van der Waals surface area contributed by atoms with Crippen molar-refractivity contribution in [2.75, 3.05) is 6.79 Å². The predicted octanol–water partition coefficient (Wildman–Crippen LogP) is 5.35. The molecule has 0 unspecified atom stereocenters. The zero-order chi connectivity index (χ0) is 46.9. The summed E-state index contributed by atoms with van der Waals surface area (Å²) in [7, 11) is 0. The van der Waals surface area contributed by atoms with E-state index in [9.17, 15) is 43.2 Å². The van der Waals surface area contributed by atoms with E-state index in [1.165, 1.54) is 24.3 Å². The molecular formula is C42H42O21. The maximum absolute atomic E-state index is 14.2. The Labute approximate surface area is 358 Å². The molecule has 3 aromatic rings. The molecule has 1 aliphatic rings. The molecule has 4 rings (SSSR count).